The quantitative estimate of drug-likeness (QED) is 0.502. The van der Waals surface area contributed by atoms with Crippen LogP contribution >= 0.6 is 0 Å². The summed E-state index contributed by atoms with van der Waals surface area (Å²) in [5, 5.41) is 15.6. The lowest BCUT2D eigenvalue weighted by molar-refractivity contribution is -0.134. The van der Waals surface area contributed by atoms with Gasteiger partial charge in [-0.1, -0.05) is 18.2 Å². The Kier molecular flexibility index (Phi) is 9.85. The molecule has 2 saturated heterocycles. The van der Waals surface area contributed by atoms with E-state index < -0.39 is 11.9 Å². The number of aliphatic carboxylic acids is 2. The van der Waals surface area contributed by atoms with Crippen molar-refractivity contribution >= 4 is 29.2 Å². The first kappa shape index (κ1) is 27.9. The van der Waals surface area contributed by atoms with Crippen molar-refractivity contribution in [2.75, 3.05) is 25.0 Å². The van der Waals surface area contributed by atoms with Crippen LogP contribution in [0.25, 0.3) is 0 Å². The van der Waals surface area contributed by atoms with E-state index in [1.807, 2.05) is 30.9 Å². The van der Waals surface area contributed by atoms with Gasteiger partial charge in [0.1, 0.15) is 0 Å². The topological polar surface area (TPSA) is 101 Å². The molecule has 0 aromatic heterocycles. The lowest BCUT2D eigenvalue weighted by Crippen LogP contribution is -2.47. The van der Waals surface area contributed by atoms with Crippen molar-refractivity contribution in [2.45, 2.75) is 57.7 Å². The number of carboxylic acid groups (broad SMARTS) is 2. The van der Waals surface area contributed by atoms with Crippen LogP contribution in [0.5, 0.6) is 0 Å². The molecule has 2 aliphatic heterocycles. The van der Waals surface area contributed by atoms with E-state index in [2.05, 4.69) is 59.3 Å². The summed E-state index contributed by atoms with van der Waals surface area (Å²) in [6.07, 6.45) is 6.14. The van der Waals surface area contributed by atoms with Gasteiger partial charge in [-0.2, -0.15) is 0 Å². The van der Waals surface area contributed by atoms with Crippen molar-refractivity contribution in [3.8, 4) is 0 Å². The van der Waals surface area contributed by atoms with Crippen LogP contribution in [0, 0.1) is 0 Å². The predicted molar refractivity (Wildman–Crippen MR) is 144 cm³/mol. The number of fused-ring (bicyclic) bond motifs is 2. The minimum Gasteiger partial charge on any atom is -0.478 e. The highest BCUT2D eigenvalue weighted by Crippen LogP contribution is 2.40. The SMILES string of the molecule is CCN(CC)C(=O)c1ccc(N(c2ccccc2)C2CC3CCC(C2)N3C)cc1.O=C(O)/C=C/C(=O)O. The van der Waals surface area contributed by atoms with Gasteiger partial charge >= 0.3 is 11.9 Å². The second kappa shape index (κ2) is 13.1. The molecule has 0 radical (unpaired) electrons. The van der Waals surface area contributed by atoms with Crippen molar-refractivity contribution in [1.82, 2.24) is 9.80 Å². The van der Waals surface area contributed by atoms with Gasteiger partial charge in [0.25, 0.3) is 5.91 Å². The number of carbonyl (C=O) groups excluding carboxylic acids is 1. The molecule has 1 amide bonds. The first-order chi connectivity index (χ1) is 17.7. The van der Waals surface area contributed by atoms with E-state index in [-0.39, 0.29) is 5.91 Å². The molecule has 2 heterocycles. The summed E-state index contributed by atoms with van der Waals surface area (Å²) < 4.78 is 0. The third-order valence-corrected chi connectivity index (χ3v) is 7.28. The normalized spacial score (nSPS) is 20.7. The molecule has 37 heavy (non-hydrogen) atoms. The van der Waals surface area contributed by atoms with Crippen LogP contribution in [0.2, 0.25) is 0 Å². The molecule has 2 aliphatic rings. The van der Waals surface area contributed by atoms with E-state index in [4.69, 9.17) is 10.2 Å². The lowest BCUT2D eigenvalue weighted by atomic mass is 9.95. The molecule has 0 aliphatic carbocycles. The van der Waals surface area contributed by atoms with Crippen molar-refractivity contribution in [1.29, 1.82) is 0 Å². The summed E-state index contributed by atoms with van der Waals surface area (Å²) in [6.45, 7) is 5.54. The van der Waals surface area contributed by atoms with E-state index >= 15 is 0 Å². The summed E-state index contributed by atoms with van der Waals surface area (Å²) >= 11 is 0. The van der Waals surface area contributed by atoms with E-state index in [0.29, 0.717) is 30.3 Å². The van der Waals surface area contributed by atoms with Crippen LogP contribution in [0.4, 0.5) is 11.4 Å². The zero-order chi connectivity index (χ0) is 26.9. The number of carboxylic acids is 2. The molecule has 8 nitrogen and oxygen atoms in total. The lowest BCUT2D eigenvalue weighted by Gasteiger charge is -2.43. The van der Waals surface area contributed by atoms with Gasteiger partial charge in [0, 0.05) is 60.3 Å². The van der Waals surface area contributed by atoms with Crippen molar-refractivity contribution in [3.63, 3.8) is 0 Å². The van der Waals surface area contributed by atoms with Crippen molar-refractivity contribution in [2.24, 2.45) is 0 Å². The molecular weight excluding hydrogens is 470 g/mol. The first-order valence-electron chi connectivity index (χ1n) is 12.8. The summed E-state index contributed by atoms with van der Waals surface area (Å²) in [5.41, 5.74) is 3.19. The van der Waals surface area contributed by atoms with Crippen LogP contribution < -0.4 is 4.90 Å². The molecule has 4 rings (SSSR count). The summed E-state index contributed by atoms with van der Waals surface area (Å²) in [4.78, 5) is 38.8. The Morgan fingerprint density at radius 3 is 1.78 bits per heavy atom. The number of piperidine rings is 1. The Morgan fingerprint density at radius 2 is 1.32 bits per heavy atom. The number of carbonyl (C=O) groups is 3. The maximum Gasteiger partial charge on any atom is 0.328 e. The molecule has 2 aromatic rings. The molecule has 0 saturated carbocycles. The molecular formula is C29H37N3O5. The Bertz CT molecular complexity index is 1050. The van der Waals surface area contributed by atoms with Crippen LogP contribution in [-0.4, -0.2) is 76.1 Å². The van der Waals surface area contributed by atoms with Gasteiger partial charge in [-0.3, -0.25) is 4.79 Å². The molecule has 2 fully saturated rings. The van der Waals surface area contributed by atoms with E-state index in [1.54, 1.807) is 0 Å². The summed E-state index contributed by atoms with van der Waals surface area (Å²) in [7, 11) is 2.29. The standard InChI is InChI=1S/C25H33N3O.C4H4O4/c1-4-27(5-2)25(29)19-11-13-21(14-12-19)28(20-9-7-6-8-10-20)24-17-22-15-16-23(18-24)26(22)3;5-3(6)1-2-4(7)8/h6-14,22-24H,4-5,15-18H2,1-3H3;1-2H,(H,5,6)(H,7,8)/b;2-1+. The predicted octanol–water partition coefficient (Wildman–Crippen LogP) is 4.64. The average molecular weight is 508 g/mol. The second-order valence-corrected chi connectivity index (χ2v) is 9.42. The molecule has 2 N–H and O–H groups in total. The molecule has 0 spiro atoms. The molecule has 2 aromatic carbocycles. The van der Waals surface area contributed by atoms with Gasteiger partial charge in [-0.25, -0.2) is 9.59 Å². The zero-order valence-corrected chi connectivity index (χ0v) is 21.8. The van der Waals surface area contributed by atoms with Crippen LogP contribution in [0.3, 0.4) is 0 Å². The van der Waals surface area contributed by atoms with Gasteiger partial charge in [-0.15, -0.1) is 0 Å². The molecule has 8 heteroatoms. The van der Waals surface area contributed by atoms with Gasteiger partial charge < -0.3 is 24.9 Å². The fourth-order valence-corrected chi connectivity index (χ4v) is 5.35. The molecule has 2 unspecified atom stereocenters. The van der Waals surface area contributed by atoms with Crippen molar-refractivity contribution in [3.05, 3.63) is 72.3 Å². The number of nitrogens with zero attached hydrogens (tertiary/aromatic N) is 3. The fourth-order valence-electron chi connectivity index (χ4n) is 5.35. The fraction of sp³-hybridized carbons (Fsp3) is 0.414. The number of rotatable bonds is 8. The van der Waals surface area contributed by atoms with E-state index in [0.717, 1.165) is 18.7 Å². The van der Waals surface area contributed by atoms with Gasteiger partial charge in [0.05, 0.1) is 0 Å². The minimum atomic E-state index is -1.26. The number of benzene rings is 2. The molecule has 2 atom stereocenters. The third kappa shape index (κ3) is 7.20. The van der Waals surface area contributed by atoms with Crippen molar-refractivity contribution < 1.29 is 24.6 Å². The first-order valence-corrected chi connectivity index (χ1v) is 12.8. The number of hydrogen-bond acceptors (Lipinski definition) is 5. The number of anilines is 2. The highest BCUT2D eigenvalue weighted by Gasteiger charge is 2.40. The summed E-state index contributed by atoms with van der Waals surface area (Å²) in [6, 6.07) is 20.8. The third-order valence-electron chi connectivity index (χ3n) is 7.28. The Morgan fingerprint density at radius 1 is 0.838 bits per heavy atom. The maximum atomic E-state index is 12.7. The minimum absolute atomic E-state index is 0.116. The maximum absolute atomic E-state index is 12.7. The van der Waals surface area contributed by atoms with E-state index in [9.17, 15) is 14.4 Å². The van der Waals surface area contributed by atoms with Crippen LogP contribution in [-0.2, 0) is 9.59 Å². The number of amides is 1. The smallest absolute Gasteiger partial charge is 0.328 e. The Hall–Kier alpha value is -3.65. The second-order valence-electron chi connectivity index (χ2n) is 9.42. The Balaban J connectivity index is 0.000000414. The molecule has 198 valence electrons. The average Bonchev–Trinajstić information content (AvgIpc) is 3.09. The van der Waals surface area contributed by atoms with Gasteiger partial charge in [-0.05, 0) is 83.0 Å². The van der Waals surface area contributed by atoms with Gasteiger partial charge in [0.2, 0.25) is 0 Å². The summed E-state index contributed by atoms with van der Waals surface area (Å²) in [5.74, 6) is -2.40. The number of para-hydroxylation sites is 1. The van der Waals surface area contributed by atoms with Crippen LogP contribution in [0.1, 0.15) is 49.9 Å². The largest absolute Gasteiger partial charge is 0.478 e. The number of hydrogen-bond donors (Lipinski definition) is 2. The van der Waals surface area contributed by atoms with E-state index in [1.165, 1.54) is 37.1 Å². The van der Waals surface area contributed by atoms with Gasteiger partial charge in [0.15, 0.2) is 0 Å². The van der Waals surface area contributed by atoms with Crippen LogP contribution in [0.15, 0.2) is 66.7 Å². The highest BCUT2D eigenvalue weighted by molar-refractivity contribution is 5.94. The molecule has 2 bridgehead atoms. The zero-order valence-electron chi connectivity index (χ0n) is 21.8. The monoisotopic (exact) mass is 507 g/mol. The highest BCUT2D eigenvalue weighted by atomic mass is 16.4. The Labute approximate surface area is 218 Å².